The molecule has 1 fully saturated rings. The predicted octanol–water partition coefficient (Wildman–Crippen LogP) is 1.94. The van der Waals surface area contributed by atoms with Gasteiger partial charge in [-0.3, -0.25) is 4.79 Å². The summed E-state index contributed by atoms with van der Waals surface area (Å²) in [6, 6.07) is 3.70. The molecule has 0 bridgehead atoms. The van der Waals surface area contributed by atoms with Crippen LogP contribution < -0.4 is 5.32 Å². The zero-order valence-electron chi connectivity index (χ0n) is 12.5. The summed E-state index contributed by atoms with van der Waals surface area (Å²) < 4.78 is 5.13. The minimum atomic E-state index is 0.0397. The number of carbonyl (C=O) groups excluding carboxylic acids is 1. The molecule has 7 heteroatoms. The number of hydrogen-bond donors (Lipinski definition) is 1. The molecule has 0 radical (unpaired) electrons. The molecule has 0 saturated carbocycles. The first kappa shape index (κ1) is 14.5. The van der Waals surface area contributed by atoms with Gasteiger partial charge in [0.2, 0.25) is 11.9 Å². The molecule has 0 aliphatic carbocycles. The Kier molecular flexibility index (Phi) is 4.32. The zero-order valence-corrected chi connectivity index (χ0v) is 12.5. The zero-order chi connectivity index (χ0) is 15.4. The van der Waals surface area contributed by atoms with E-state index in [4.69, 9.17) is 4.52 Å². The van der Waals surface area contributed by atoms with Gasteiger partial charge in [-0.25, -0.2) is 9.97 Å². The van der Waals surface area contributed by atoms with Crippen LogP contribution in [-0.4, -0.2) is 39.0 Å². The van der Waals surface area contributed by atoms with E-state index in [1.807, 2.05) is 17.9 Å². The molecule has 2 aromatic rings. The van der Waals surface area contributed by atoms with E-state index in [0.717, 1.165) is 30.8 Å². The van der Waals surface area contributed by atoms with E-state index in [0.29, 0.717) is 18.9 Å². The van der Waals surface area contributed by atoms with E-state index in [1.165, 1.54) is 0 Å². The summed E-state index contributed by atoms with van der Waals surface area (Å²) in [4.78, 5) is 22.4. The van der Waals surface area contributed by atoms with Crippen LogP contribution in [-0.2, 0) is 4.79 Å². The molecule has 2 aromatic heterocycles. The van der Waals surface area contributed by atoms with Gasteiger partial charge in [0.15, 0.2) is 0 Å². The van der Waals surface area contributed by atoms with E-state index in [2.05, 4.69) is 20.4 Å². The molecule has 22 heavy (non-hydrogen) atoms. The number of aromatic nitrogens is 3. The SMILES string of the molecule is Cc1cc([C@H]2CCCN2C(=O)CCNc2ncccn2)no1. The minimum absolute atomic E-state index is 0.0397. The van der Waals surface area contributed by atoms with Crippen LogP contribution in [0.2, 0.25) is 0 Å². The molecule has 3 rings (SSSR count). The molecule has 1 N–H and O–H groups in total. The Balaban J connectivity index is 1.55. The van der Waals surface area contributed by atoms with Crippen LogP contribution in [0.1, 0.15) is 36.8 Å². The third-order valence-corrected chi connectivity index (χ3v) is 3.75. The summed E-state index contributed by atoms with van der Waals surface area (Å²) in [5.41, 5.74) is 0.850. The number of hydrogen-bond acceptors (Lipinski definition) is 6. The average molecular weight is 301 g/mol. The predicted molar refractivity (Wildman–Crippen MR) is 80.1 cm³/mol. The summed E-state index contributed by atoms with van der Waals surface area (Å²) >= 11 is 0. The van der Waals surface area contributed by atoms with Gasteiger partial charge in [0, 0.05) is 38.0 Å². The maximum Gasteiger partial charge on any atom is 0.224 e. The second-order valence-electron chi connectivity index (χ2n) is 5.36. The molecule has 0 spiro atoms. The van der Waals surface area contributed by atoms with Crippen molar-refractivity contribution in [3.05, 3.63) is 36.0 Å². The minimum Gasteiger partial charge on any atom is -0.361 e. The van der Waals surface area contributed by atoms with Gasteiger partial charge in [-0.15, -0.1) is 0 Å². The molecule has 0 aromatic carbocycles. The normalized spacial score (nSPS) is 17.7. The number of likely N-dealkylation sites (tertiary alicyclic amines) is 1. The van der Waals surface area contributed by atoms with E-state index in [-0.39, 0.29) is 11.9 Å². The summed E-state index contributed by atoms with van der Waals surface area (Å²) in [6.45, 7) is 3.16. The Morgan fingerprint density at radius 1 is 1.45 bits per heavy atom. The van der Waals surface area contributed by atoms with Gasteiger partial charge in [0.1, 0.15) is 11.5 Å². The molecule has 7 nitrogen and oxygen atoms in total. The van der Waals surface area contributed by atoms with Crippen molar-refractivity contribution in [3.63, 3.8) is 0 Å². The largest absolute Gasteiger partial charge is 0.361 e. The Morgan fingerprint density at radius 2 is 2.27 bits per heavy atom. The van der Waals surface area contributed by atoms with E-state index < -0.39 is 0 Å². The van der Waals surface area contributed by atoms with Gasteiger partial charge in [0.05, 0.1) is 6.04 Å². The highest BCUT2D eigenvalue weighted by Gasteiger charge is 2.31. The molecule has 0 unspecified atom stereocenters. The number of rotatable bonds is 5. The molecule has 1 atom stereocenters. The number of anilines is 1. The maximum absolute atomic E-state index is 12.4. The van der Waals surface area contributed by atoms with Gasteiger partial charge in [-0.05, 0) is 25.8 Å². The standard InChI is InChI=1S/C15H19N5O2/c1-11-10-12(19-22-11)13-4-2-9-20(13)14(21)5-8-18-15-16-6-3-7-17-15/h3,6-7,10,13H,2,4-5,8-9H2,1H3,(H,16,17,18)/t13-/m1/s1. The van der Waals surface area contributed by atoms with Crippen LogP contribution in [0.4, 0.5) is 5.95 Å². The van der Waals surface area contributed by atoms with Gasteiger partial charge >= 0.3 is 0 Å². The van der Waals surface area contributed by atoms with Crippen molar-refractivity contribution >= 4 is 11.9 Å². The fourth-order valence-electron chi connectivity index (χ4n) is 2.73. The Labute approximate surface area is 128 Å². The number of amides is 1. The van der Waals surface area contributed by atoms with Crippen molar-refractivity contribution in [3.8, 4) is 0 Å². The maximum atomic E-state index is 12.4. The first-order chi connectivity index (χ1) is 10.7. The number of aryl methyl sites for hydroxylation is 1. The smallest absolute Gasteiger partial charge is 0.224 e. The highest BCUT2D eigenvalue weighted by Crippen LogP contribution is 2.31. The highest BCUT2D eigenvalue weighted by molar-refractivity contribution is 5.77. The Hall–Kier alpha value is -2.44. The van der Waals surface area contributed by atoms with Gasteiger partial charge in [0.25, 0.3) is 0 Å². The quantitative estimate of drug-likeness (QED) is 0.908. The highest BCUT2D eigenvalue weighted by atomic mass is 16.5. The van der Waals surface area contributed by atoms with Crippen LogP contribution >= 0.6 is 0 Å². The molecule has 1 amide bonds. The summed E-state index contributed by atoms with van der Waals surface area (Å²) in [5.74, 6) is 1.43. The fourth-order valence-corrected chi connectivity index (χ4v) is 2.73. The summed E-state index contributed by atoms with van der Waals surface area (Å²) in [5, 5.41) is 7.11. The monoisotopic (exact) mass is 301 g/mol. The van der Waals surface area contributed by atoms with Crippen LogP contribution in [0.25, 0.3) is 0 Å². The van der Waals surface area contributed by atoms with E-state index in [1.54, 1.807) is 18.5 Å². The van der Waals surface area contributed by atoms with Gasteiger partial charge in [-0.2, -0.15) is 0 Å². The van der Waals surface area contributed by atoms with Gasteiger partial charge in [-0.1, -0.05) is 5.16 Å². The number of carbonyl (C=O) groups is 1. The Morgan fingerprint density at radius 3 is 3.00 bits per heavy atom. The van der Waals surface area contributed by atoms with Crippen molar-refractivity contribution < 1.29 is 9.32 Å². The molecule has 1 saturated heterocycles. The topological polar surface area (TPSA) is 84.2 Å². The molecular formula is C15H19N5O2. The lowest BCUT2D eigenvalue weighted by Crippen LogP contribution is -2.32. The molecule has 1 aliphatic rings. The van der Waals surface area contributed by atoms with Crippen molar-refractivity contribution in [1.82, 2.24) is 20.0 Å². The molecule has 116 valence electrons. The van der Waals surface area contributed by atoms with Crippen LogP contribution in [0.3, 0.4) is 0 Å². The molecule has 3 heterocycles. The van der Waals surface area contributed by atoms with Crippen molar-refractivity contribution in [1.29, 1.82) is 0 Å². The van der Waals surface area contributed by atoms with E-state index >= 15 is 0 Å². The summed E-state index contributed by atoms with van der Waals surface area (Å²) in [7, 11) is 0. The lowest BCUT2D eigenvalue weighted by atomic mass is 10.1. The number of nitrogens with one attached hydrogen (secondary N) is 1. The lowest BCUT2D eigenvalue weighted by Gasteiger charge is -2.23. The first-order valence-corrected chi connectivity index (χ1v) is 7.47. The van der Waals surface area contributed by atoms with Gasteiger partial charge < -0.3 is 14.7 Å². The lowest BCUT2D eigenvalue weighted by molar-refractivity contribution is -0.131. The average Bonchev–Trinajstić information content (AvgIpc) is 3.16. The van der Waals surface area contributed by atoms with Crippen LogP contribution in [0.5, 0.6) is 0 Å². The Bertz CT molecular complexity index is 628. The first-order valence-electron chi connectivity index (χ1n) is 7.47. The van der Waals surface area contributed by atoms with Crippen LogP contribution in [0, 0.1) is 6.92 Å². The van der Waals surface area contributed by atoms with E-state index in [9.17, 15) is 4.79 Å². The molecule has 1 aliphatic heterocycles. The van der Waals surface area contributed by atoms with Crippen molar-refractivity contribution in [2.45, 2.75) is 32.2 Å². The third-order valence-electron chi connectivity index (χ3n) is 3.75. The second kappa shape index (κ2) is 6.55. The fraction of sp³-hybridized carbons (Fsp3) is 0.467. The van der Waals surface area contributed by atoms with Crippen molar-refractivity contribution in [2.75, 3.05) is 18.4 Å². The second-order valence-corrected chi connectivity index (χ2v) is 5.36. The molecular weight excluding hydrogens is 282 g/mol. The third kappa shape index (κ3) is 3.24. The van der Waals surface area contributed by atoms with Crippen LogP contribution in [0.15, 0.2) is 29.0 Å². The van der Waals surface area contributed by atoms with Crippen molar-refractivity contribution in [2.24, 2.45) is 0 Å². The number of nitrogens with zero attached hydrogens (tertiary/aromatic N) is 4. The summed E-state index contributed by atoms with van der Waals surface area (Å²) in [6.07, 6.45) is 5.68.